The van der Waals surface area contributed by atoms with Crippen LogP contribution in [0.2, 0.25) is 0 Å². The summed E-state index contributed by atoms with van der Waals surface area (Å²) < 4.78 is 0. The molecule has 1 N–H and O–H groups in total. The van der Waals surface area contributed by atoms with Crippen LogP contribution in [0.1, 0.15) is 0 Å². The van der Waals surface area contributed by atoms with E-state index >= 15 is 0 Å². The summed E-state index contributed by atoms with van der Waals surface area (Å²) in [5, 5.41) is 8.52. The Bertz CT molecular complexity index is 161. The van der Waals surface area contributed by atoms with E-state index in [9.17, 15) is 0 Å². The van der Waals surface area contributed by atoms with Gasteiger partial charge >= 0.3 is 35.6 Å². The normalized spacial score (nSPS) is 7.40. The second-order valence-electron chi connectivity index (χ2n) is 1.26. The fraction of sp³-hybridized carbons (Fsp3) is 0. The molecule has 0 aliphatic heterocycles. The van der Waals surface area contributed by atoms with Gasteiger partial charge in [-0.3, -0.25) is 0 Å². The summed E-state index contributed by atoms with van der Waals surface area (Å²) in [6.07, 6.45) is 1.54. The number of hydrogen-bond acceptors (Lipinski definition) is 2. The van der Waals surface area contributed by atoms with Crippen LogP contribution < -0.4 is 0 Å². The molecular weight excluding hydrogens is 209 g/mol. The van der Waals surface area contributed by atoms with Crippen LogP contribution in [-0.4, -0.2) is 10.1 Å². The number of halogens is 2. The van der Waals surface area contributed by atoms with Gasteiger partial charge in [0.15, 0.2) is 0 Å². The standard InChI is InChI=1S/C5H5NO.2ClH.Ti/c7-5-3-1-2-4-6-5;;;/h1-4H,(H,6,7);2*1H;/q;;;+2/p-2. The third-order valence-corrected chi connectivity index (χ3v) is 0.649. The van der Waals surface area contributed by atoms with Crippen molar-refractivity contribution in [2.24, 2.45) is 0 Å². The van der Waals surface area contributed by atoms with E-state index in [-0.39, 0.29) is 5.88 Å². The van der Waals surface area contributed by atoms with Gasteiger partial charge in [0.2, 0.25) is 5.88 Å². The van der Waals surface area contributed by atoms with Crippen molar-refractivity contribution in [3.63, 3.8) is 0 Å². The average molecular weight is 214 g/mol. The maximum atomic E-state index is 8.52. The minimum absolute atomic E-state index is 0.0718. The van der Waals surface area contributed by atoms with Gasteiger partial charge in [0.05, 0.1) is 0 Å². The van der Waals surface area contributed by atoms with Gasteiger partial charge in [-0.15, -0.1) is 0 Å². The molecule has 0 unspecified atom stereocenters. The van der Waals surface area contributed by atoms with Crippen LogP contribution in [0.15, 0.2) is 24.4 Å². The van der Waals surface area contributed by atoms with Crippen LogP contribution >= 0.6 is 18.6 Å². The zero-order valence-electron chi connectivity index (χ0n) is 4.96. The Morgan fingerprint density at radius 3 is 2.20 bits per heavy atom. The van der Waals surface area contributed by atoms with E-state index in [1.165, 1.54) is 12.3 Å². The van der Waals surface area contributed by atoms with E-state index in [2.05, 4.69) is 4.98 Å². The summed E-state index contributed by atoms with van der Waals surface area (Å²) in [6, 6.07) is 5.00. The summed E-state index contributed by atoms with van der Waals surface area (Å²) in [5.74, 6) is 0.0718. The van der Waals surface area contributed by atoms with Crippen LogP contribution in [0, 0.1) is 0 Å². The second-order valence-corrected chi connectivity index (χ2v) is 3.84. The van der Waals surface area contributed by atoms with Gasteiger partial charge in [-0.25, -0.2) is 4.98 Å². The minimum atomic E-state index is -0.556. The van der Waals surface area contributed by atoms with Gasteiger partial charge in [-0.1, -0.05) is 6.07 Å². The fourth-order valence-corrected chi connectivity index (χ4v) is 0.354. The van der Waals surface area contributed by atoms with Crippen LogP contribution in [0.25, 0.3) is 0 Å². The van der Waals surface area contributed by atoms with E-state index in [1.54, 1.807) is 12.1 Å². The molecule has 5 heteroatoms. The second kappa shape index (κ2) is 7.35. The van der Waals surface area contributed by atoms with Crippen LogP contribution in [0.3, 0.4) is 0 Å². The van der Waals surface area contributed by atoms with Crippen LogP contribution in [0.4, 0.5) is 0 Å². The molecule has 2 nitrogen and oxygen atoms in total. The Morgan fingerprint density at radius 1 is 1.40 bits per heavy atom. The predicted octanol–water partition coefficient (Wildman–Crippen LogP) is 2.16. The van der Waals surface area contributed by atoms with E-state index in [1.807, 2.05) is 0 Å². The third-order valence-electron chi connectivity index (χ3n) is 0.649. The van der Waals surface area contributed by atoms with Gasteiger partial charge in [-0.05, 0) is 6.07 Å². The molecule has 0 amide bonds. The zero-order chi connectivity index (χ0) is 7.82. The Balaban J connectivity index is 0.000000236. The molecule has 0 saturated carbocycles. The van der Waals surface area contributed by atoms with Gasteiger partial charge in [0, 0.05) is 12.3 Å². The van der Waals surface area contributed by atoms with Crippen molar-refractivity contribution < 1.29 is 22.1 Å². The molecule has 0 spiro atoms. The molecule has 0 aliphatic rings. The summed E-state index contributed by atoms with van der Waals surface area (Å²) >= 11 is -0.556. The third kappa shape index (κ3) is 6.37. The number of hydrogen-bond donors (Lipinski definition) is 1. The molecule has 10 heavy (non-hydrogen) atoms. The first-order chi connectivity index (χ1) is 4.81. The van der Waals surface area contributed by atoms with Crippen LogP contribution in [0.5, 0.6) is 5.88 Å². The molecule has 1 aromatic rings. The van der Waals surface area contributed by atoms with E-state index in [0.717, 1.165) is 0 Å². The van der Waals surface area contributed by atoms with Crippen molar-refractivity contribution in [2.45, 2.75) is 0 Å². The summed E-state index contributed by atoms with van der Waals surface area (Å²) in [7, 11) is 9.78. The Morgan fingerprint density at radius 2 is 2.00 bits per heavy atom. The molecular formula is C5H5Cl2NOTi. The average Bonchev–Trinajstić information content (AvgIpc) is 1.91. The fourth-order valence-electron chi connectivity index (χ4n) is 0.354. The van der Waals surface area contributed by atoms with E-state index in [4.69, 9.17) is 23.7 Å². The molecule has 0 radical (unpaired) electrons. The number of aromatic hydroxyl groups is 1. The molecule has 0 fully saturated rings. The first kappa shape index (κ1) is 10.2. The van der Waals surface area contributed by atoms with Crippen molar-refractivity contribution in [3.05, 3.63) is 24.4 Å². The molecule has 0 bridgehead atoms. The van der Waals surface area contributed by atoms with Crippen molar-refractivity contribution >= 4 is 18.6 Å². The predicted molar refractivity (Wildman–Crippen MR) is 37.6 cm³/mol. The quantitative estimate of drug-likeness (QED) is 0.671. The molecule has 0 saturated heterocycles. The van der Waals surface area contributed by atoms with Gasteiger partial charge in [0.1, 0.15) is 0 Å². The van der Waals surface area contributed by atoms with E-state index in [0.29, 0.717) is 0 Å². The maximum absolute atomic E-state index is 8.52. The molecule has 54 valence electrons. The van der Waals surface area contributed by atoms with Crippen molar-refractivity contribution in [1.82, 2.24) is 4.98 Å². The Labute approximate surface area is 75.9 Å². The summed E-state index contributed by atoms with van der Waals surface area (Å²) in [4.78, 5) is 3.53. The van der Waals surface area contributed by atoms with Gasteiger partial charge in [-0.2, -0.15) is 0 Å². The molecule has 1 rings (SSSR count). The topological polar surface area (TPSA) is 33.1 Å². The first-order valence-corrected chi connectivity index (χ1v) is 6.67. The van der Waals surface area contributed by atoms with Crippen molar-refractivity contribution in [1.29, 1.82) is 0 Å². The number of pyridine rings is 1. The summed E-state index contributed by atoms with van der Waals surface area (Å²) in [6.45, 7) is 0. The number of nitrogens with zero attached hydrogens (tertiary/aromatic N) is 1. The molecule has 1 aromatic heterocycles. The molecule has 1 heterocycles. The van der Waals surface area contributed by atoms with Crippen LogP contribution in [-0.2, 0) is 17.0 Å². The van der Waals surface area contributed by atoms with E-state index < -0.39 is 17.0 Å². The number of aromatic nitrogens is 1. The SMILES string of the molecule is Oc1ccccn1.[Cl][Ti][Cl]. The van der Waals surface area contributed by atoms with Gasteiger partial charge in [0.25, 0.3) is 0 Å². The zero-order valence-corrected chi connectivity index (χ0v) is 8.03. The summed E-state index contributed by atoms with van der Waals surface area (Å²) in [5.41, 5.74) is 0. The monoisotopic (exact) mass is 213 g/mol. The molecule has 0 atom stereocenters. The Kier molecular flexibility index (Phi) is 7.53. The Hall–Kier alpha value is 0.244. The first-order valence-electron chi connectivity index (χ1n) is 2.37. The van der Waals surface area contributed by atoms with Crippen molar-refractivity contribution in [2.75, 3.05) is 0 Å². The molecule has 0 aliphatic carbocycles. The van der Waals surface area contributed by atoms with Gasteiger partial charge < -0.3 is 5.11 Å². The number of rotatable bonds is 0. The van der Waals surface area contributed by atoms with Crippen molar-refractivity contribution in [3.8, 4) is 5.88 Å². The molecule has 0 aromatic carbocycles.